The number of likely N-dealkylation sites (N-methyl/N-ethyl adjacent to an activating group) is 1. The first-order valence-electron chi connectivity index (χ1n) is 12.4. The molecule has 35 heavy (non-hydrogen) atoms. The third-order valence-electron chi connectivity index (χ3n) is 6.98. The van der Waals surface area contributed by atoms with E-state index < -0.39 is 0 Å². The second-order valence-corrected chi connectivity index (χ2v) is 9.37. The fourth-order valence-corrected chi connectivity index (χ4v) is 4.96. The van der Waals surface area contributed by atoms with Crippen LogP contribution < -0.4 is 9.80 Å². The third-order valence-corrected chi connectivity index (χ3v) is 6.98. The van der Waals surface area contributed by atoms with E-state index in [-0.39, 0.29) is 11.8 Å². The number of carbonyl (C=O) groups excluding carboxylic acids is 2. The van der Waals surface area contributed by atoms with Crippen LogP contribution in [0.2, 0.25) is 0 Å². The van der Waals surface area contributed by atoms with Crippen molar-refractivity contribution < 1.29 is 9.59 Å². The van der Waals surface area contributed by atoms with Crippen LogP contribution in [0.5, 0.6) is 0 Å². The quantitative estimate of drug-likeness (QED) is 0.546. The highest BCUT2D eigenvalue weighted by Crippen LogP contribution is 2.33. The summed E-state index contributed by atoms with van der Waals surface area (Å²) in [5, 5.41) is 0. The highest BCUT2D eigenvalue weighted by Gasteiger charge is 2.32. The number of nitrogens with zero attached hydrogens (tertiary/aromatic N) is 4. The van der Waals surface area contributed by atoms with Crippen molar-refractivity contribution in [3.63, 3.8) is 0 Å². The number of amides is 2. The van der Waals surface area contributed by atoms with E-state index in [0.29, 0.717) is 35.6 Å². The first kappa shape index (κ1) is 23.3. The lowest BCUT2D eigenvalue weighted by Crippen LogP contribution is -2.45. The van der Waals surface area contributed by atoms with Crippen LogP contribution in [-0.2, 0) is 6.54 Å². The molecule has 0 bridgehead atoms. The molecule has 3 aromatic rings. The van der Waals surface area contributed by atoms with Gasteiger partial charge in [-0.15, -0.1) is 0 Å². The second-order valence-electron chi connectivity index (χ2n) is 9.37. The molecule has 0 atom stereocenters. The number of fused-ring (bicyclic) bond motifs is 2. The predicted molar refractivity (Wildman–Crippen MR) is 140 cm³/mol. The van der Waals surface area contributed by atoms with Gasteiger partial charge < -0.3 is 19.6 Å². The summed E-state index contributed by atoms with van der Waals surface area (Å²) in [6.07, 6.45) is 0.855. The van der Waals surface area contributed by atoms with Gasteiger partial charge in [0, 0.05) is 32.7 Å². The Bertz CT molecular complexity index is 1190. The molecule has 0 spiro atoms. The van der Waals surface area contributed by atoms with Crippen molar-refractivity contribution in [3.05, 3.63) is 95.6 Å². The first-order valence-corrected chi connectivity index (χ1v) is 12.4. The Morgan fingerprint density at radius 2 is 1.17 bits per heavy atom. The molecule has 0 saturated carbocycles. The van der Waals surface area contributed by atoms with Gasteiger partial charge in [-0.1, -0.05) is 54.6 Å². The Morgan fingerprint density at radius 1 is 0.629 bits per heavy atom. The lowest BCUT2D eigenvalue weighted by molar-refractivity contribution is 0.0971. The maximum absolute atomic E-state index is 13.9. The molecule has 0 N–H and O–H groups in total. The molecule has 6 heteroatoms. The van der Waals surface area contributed by atoms with Crippen LogP contribution in [0.4, 0.5) is 11.4 Å². The molecule has 0 aromatic heterocycles. The lowest BCUT2D eigenvalue weighted by Gasteiger charge is -2.35. The summed E-state index contributed by atoms with van der Waals surface area (Å²) in [4.78, 5) is 36.2. The standard InChI is InChI=1S/C29H32N4O2/c1-30-18-20-31(21-19-30)16-9-17-32-26-14-7-5-12-24(26)29(35)33(22-23-10-3-2-4-11-23)27-15-8-6-13-25(27)28(32)34/h2-8,10-15H,9,16-22H2,1H3. The predicted octanol–water partition coefficient (Wildman–Crippen LogP) is 4.13. The zero-order valence-corrected chi connectivity index (χ0v) is 20.3. The van der Waals surface area contributed by atoms with Crippen LogP contribution in [-0.4, -0.2) is 67.9 Å². The molecule has 0 radical (unpaired) electrons. The first-order chi connectivity index (χ1) is 17.1. The molecule has 2 heterocycles. The van der Waals surface area contributed by atoms with Gasteiger partial charge in [0.05, 0.1) is 29.0 Å². The van der Waals surface area contributed by atoms with E-state index in [1.807, 2.05) is 83.8 Å². The maximum atomic E-state index is 13.9. The summed E-state index contributed by atoms with van der Waals surface area (Å²) >= 11 is 0. The molecule has 2 aliphatic heterocycles. The summed E-state index contributed by atoms with van der Waals surface area (Å²) in [6.45, 7) is 6.17. The van der Waals surface area contributed by atoms with E-state index in [9.17, 15) is 9.59 Å². The molecule has 6 nitrogen and oxygen atoms in total. The van der Waals surface area contributed by atoms with Crippen LogP contribution in [0, 0.1) is 0 Å². The van der Waals surface area contributed by atoms with E-state index in [2.05, 4.69) is 16.8 Å². The molecule has 3 aromatic carbocycles. The summed E-state index contributed by atoms with van der Waals surface area (Å²) in [6, 6.07) is 24.9. The van der Waals surface area contributed by atoms with Gasteiger partial charge in [-0.05, 0) is 49.8 Å². The van der Waals surface area contributed by atoms with Crippen molar-refractivity contribution in [1.29, 1.82) is 0 Å². The number of carbonyl (C=O) groups is 2. The molecule has 0 aliphatic carbocycles. The van der Waals surface area contributed by atoms with Gasteiger partial charge in [0.2, 0.25) is 0 Å². The van der Waals surface area contributed by atoms with Crippen LogP contribution >= 0.6 is 0 Å². The molecular weight excluding hydrogens is 436 g/mol. The van der Waals surface area contributed by atoms with Crippen LogP contribution in [0.1, 0.15) is 32.7 Å². The Kier molecular flexibility index (Phi) is 6.93. The van der Waals surface area contributed by atoms with E-state index in [0.717, 1.165) is 44.7 Å². The van der Waals surface area contributed by atoms with Gasteiger partial charge in [0.15, 0.2) is 0 Å². The Hall–Kier alpha value is -3.48. The van der Waals surface area contributed by atoms with Crippen LogP contribution in [0.3, 0.4) is 0 Å². The molecule has 0 unspecified atom stereocenters. The Labute approximate surface area is 207 Å². The zero-order valence-electron chi connectivity index (χ0n) is 20.3. The highest BCUT2D eigenvalue weighted by molar-refractivity contribution is 6.20. The highest BCUT2D eigenvalue weighted by atomic mass is 16.2. The van der Waals surface area contributed by atoms with E-state index >= 15 is 0 Å². The number of hydrogen-bond acceptors (Lipinski definition) is 4. The topological polar surface area (TPSA) is 47.1 Å². The van der Waals surface area contributed by atoms with E-state index in [1.165, 1.54) is 0 Å². The summed E-state index contributed by atoms with van der Waals surface area (Å²) in [5.74, 6) is -0.148. The van der Waals surface area contributed by atoms with Crippen molar-refractivity contribution >= 4 is 23.2 Å². The van der Waals surface area contributed by atoms with Crippen molar-refractivity contribution in [3.8, 4) is 0 Å². The van der Waals surface area contributed by atoms with Gasteiger partial charge in [0.1, 0.15) is 0 Å². The molecule has 180 valence electrons. The minimum absolute atomic E-state index is 0.0583. The molecule has 1 saturated heterocycles. The Balaban J connectivity index is 1.46. The Morgan fingerprint density at radius 3 is 1.83 bits per heavy atom. The van der Waals surface area contributed by atoms with Gasteiger partial charge in [-0.3, -0.25) is 9.59 Å². The number of benzene rings is 3. The van der Waals surface area contributed by atoms with Crippen molar-refractivity contribution in [2.24, 2.45) is 0 Å². The smallest absolute Gasteiger partial charge is 0.260 e. The van der Waals surface area contributed by atoms with Gasteiger partial charge in [-0.25, -0.2) is 0 Å². The molecule has 5 rings (SSSR count). The minimum Gasteiger partial charge on any atom is -0.307 e. The molecule has 1 fully saturated rings. The van der Waals surface area contributed by atoms with E-state index in [4.69, 9.17) is 0 Å². The number of piperazine rings is 1. The van der Waals surface area contributed by atoms with Gasteiger partial charge in [-0.2, -0.15) is 0 Å². The number of para-hydroxylation sites is 2. The summed E-state index contributed by atoms with van der Waals surface area (Å²) in [5.41, 5.74) is 3.49. The zero-order chi connectivity index (χ0) is 24.2. The molecule has 2 amide bonds. The van der Waals surface area contributed by atoms with Crippen molar-refractivity contribution in [1.82, 2.24) is 9.80 Å². The molecular formula is C29H32N4O2. The van der Waals surface area contributed by atoms with Crippen molar-refractivity contribution in [2.75, 3.05) is 56.1 Å². The lowest BCUT2D eigenvalue weighted by atomic mass is 10.0. The number of anilines is 2. The van der Waals surface area contributed by atoms with Gasteiger partial charge >= 0.3 is 0 Å². The maximum Gasteiger partial charge on any atom is 0.260 e. The average molecular weight is 469 g/mol. The second kappa shape index (κ2) is 10.4. The van der Waals surface area contributed by atoms with Crippen molar-refractivity contribution in [2.45, 2.75) is 13.0 Å². The van der Waals surface area contributed by atoms with Crippen LogP contribution in [0.15, 0.2) is 78.9 Å². The summed E-state index contributed by atoms with van der Waals surface area (Å²) < 4.78 is 0. The van der Waals surface area contributed by atoms with E-state index in [1.54, 1.807) is 4.90 Å². The molecule has 2 aliphatic rings. The fraction of sp³-hybridized carbons (Fsp3) is 0.310. The largest absolute Gasteiger partial charge is 0.307 e. The third kappa shape index (κ3) is 4.99. The average Bonchev–Trinajstić information content (AvgIpc) is 2.90. The van der Waals surface area contributed by atoms with Gasteiger partial charge in [0.25, 0.3) is 11.8 Å². The minimum atomic E-state index is -0.0894. The summed E-state index contributed by atoms with van der Waals surface area (Å²) in [7, 11) is 2.16. The SMILES string of the molecule is CN1CCN(CCCN2C(=O)c3ccccc3N(Cc3ccccc3)C(=O)c3ccccc32)CC1. The fourth-order valence-electron chi connectivity index (χ4n) is 4.96. The normalized spacial score (nSPS) is 17.1. The van der Waals surface area contributed by atoms with Crippen LogP contribution in [0.25, 0.3) is 0 Å². The number of hydrogen-bond donors (Lipinski definition) is 0. The monoisotopic (exact) mass is 468 g/mol. The number of rotatable bonds is 6.